The number of hydrogen-bond acceptors (Lipinski definition) is 7. The highest BCUT2D eigenvalue weighted by Gasteiger charge is 2.44. The molecule has 2 N–H and O–H groups in total. The number of carbonyl (C=O) groups is 1. The molecule has 0 aromatic carbocycles. The molecule has 1 heterocycles. The van der Waals surface area contributed by atoms with Crippen LogP contribution in [0.1, 0.15) is 25.1 Å². The molecule has 1 aromatic heterocycles. The second-order valence-electron chi connectivity index (χ2n) is 5.02. The van der Waals surface area contributed by atoms with E-state index in [1.165, 1.54) is 7.11 Å². The van der Waals surface area contributed by atoms with Gasteiger partial charge in [0, 0.05) is 18.9 Å². The minimum Gasteiger partial charge on any atom is -0.469 e. The van der Waals surface area contributed by atoms with Gasteiger partial charge in [0.15, 0.2) is 5.82 Å². The highest BCUT2D eigenvalue weighted by Crippen LogP contribution is 2.52. The van der Waals surface area contributed by atoms with Gasteiger partial charge in [-0.2, -0.15) is 0 Å². The maximum atomic E-state index is 11.4. The molecule has 1 aliphatic carbocycles. The number of thioether (sulfide) groups is 1. The Morgan fingerprint density at radius 1 is 1.45 bits per heavy atom. The lowest BCUT2D eigenvalue weighted by molar-refractivity contribution is -0.141. The molecule has 6 nitrogen and oxygen atoms in total. The van der Waals surface area contributed by atoms with Gasteiger partial charge in [-0.05, 0) is 18.3 Å². The summed E-state index contributed by atoms with van der Waals surface area (Å²) in [4.78, 5) is 19.9. The van der Waals surface area contributed by atoms with Crippen molar-refractivity contribution in [1.29, 1.82) is 0 Å². The fraction of sp³-hybridized carbons (Fsp3) is 0.615. The van der Waals surface area contributed by atoms with Crippen LogP contribution in [0, 0.1) is 5.41 Å². The van der Waals surface area contributed by atoms with Gasteiger partial charge < -0.3 is 15.2 Å². The van der Waals surface area contributed by atoms with E-state index in [9.17, 15) is 4.79 Å². The number of nitrogens with two attached hydrogens (primary N) is 1. The van der Waals surface area contributed by atoms with Crippen molar-refractivity contribution in [3.63, 3.8) is 0 Å². The van der Waals surface area contributed by atoms with Gasteiger partial charge in [-0.25, -0.2) is 9.97 Å². The minimum atomic E-state index is -0.148. The fourth-order valence-electron chi connectivity index (χ4n) is 1.91. The zero-order chi connectivity index (χ0) is 14.6. The first-order chi connectivity index (χ1) is 9.57. The number of nitrogen functional groups attached to an aromatic ring is 1. The first kappa shape index (κ1) is 15.1. The third-order valence-corrected chi connectivity index (χ3v) is 4.53. The Labute approximate surface area is 122 Å². The van der Waals surface area contributed by atoms with E-state index in [-0.39, 0.29) is 11.4 Å². The van der Waals surface area contributed by atoms with Gasteiger partial charge in [0.2, 0.25) is 0 Å². The van der Waals surface area contributed by atoms with Gasteiger partial charge in [-0.3, -0.25) is 4.79 Å². The lowest BCUT2D eigenvalue weighted by Gasteiger charge is -2.13. The number of rotatable bonds is 7. The maximum Gasteiger partial charge on any atom is 0.306 e. The van der Waals surface area contributed by atoms with Crippen molar-refractivity contribution in [2.75, 3.05) is 25.7 Å². The van der Waals surface area contributed by atoms with E-state index >= 15 is 0 Å². The third-order valence-electron chi connectivity index (χ3n) is 3.27. The zero-order valence-electron chi connectivity index (χ0n) is 11.7. The minimum absolute atomic E-state index is 0.0683. The van der Waals surface area contributed by atoms with Gasteiger partial charge in [0.05, 0.1) is 13.5 Å². The number of hydrogen-bond donors (Lipinski definition) is 1. The maximum absolute atomic E-state index is 11.4. The number of anilines is 1. The Hall–Kier alpha value is -1.34. The van der Waals surface area contributed by atoms with Crippen LogP contribution in [0.2, 0.25) is 0 Å². The topological polar surface area (TPSA) is 87.3 Å². The van der Waals surface area contributed by atoms with Crippen LogP contribution in [0.5, 0.6) is 0 Å². The molecule has 0 spiro atoms. The van der Waals surface area contributed by atoms with Gasteiger partial charge in [-0.15, -0.1) is 11.8 Å². The van der Waals surface area contributed by atoms with Crippen LogP contribution in [-0.4, -0.2) is 35.9 Å². The Morgan fingerprint density at radius 2 is 2.20 bits per heavy atom. The highest BCUT2D eigenvalue weighted by atomic mass is 32.2. The van der Waals surface area contributed by atoms with Crippen LogP contribution >= 0.6 is 11.8 Å². The van der Waals surface area contributed by atoms with Crippen molar-refractivity contribution in [3.05, 3.63) is 11.9 Å². The number of methoxy groups -OCH3 is 2. The molecule has 0 bridgehead atoms. The first-order valence-corrected chi connectivity index (χ1v) is 7.37. The van der Waals surface area contributed by atoms with E-state index in [0.29, 0.717) is 24.7 Å². The molecule has 1 fully saturated rings. The molecule has 0 unspecified atom stereocenters. The number of carbonyl (C=O) groups excluding carboxylic acids is 1. The molecule has 7 heteroatoms. The number of aromatic nitrogens is 2. The molecule has 0 atom stereocenters. The standard InChI is InChI=1S/C13H19N3O3S/c1-18-7-10-15-9(14)5-11(16-10)20-8-13(3-4-13)6-12(17)19-2/h5H,3-4,6-8H2,1-2H3,(H2,14,15,16). The van der Waals surface area contributed by atoms with Crippen molar-refractivity contribution in [1.82, 2.24) is 9.97 Å². The summed E-state index contributed by atoms with van der Waals surface area (Å²) >= 11 is 1.60. The van der Waals surface area contributed by atoms with Crippen LogP contribution < -0.4 is 5.73 Å². The van der Waals surface area contributed by atoms with Crippen LogP contribution in [0.3, 0.4) is 0 Å². The number of esters is 1. The molecule has 110 valence electrons. The van der Waals surface area contributed by atoms with Crippen LogP contribution in [0.15, 0.2) is 11.1 Å². The lowest BCUT2D eigenvalue weighted by Crippen LogP contribution is -2.13. The molecular formula is C13H19N3O3S. The van der Waals surface area contributed by atoms with Gasteiger partial charge in [0.1, 0.15) is 17.5 Å². The van der Waals surface area contributed by atoms with Crippen molar-refractivity contribution in [2.45, 2.75) is 30.9 Å². The average molecular weight is 297 g/mol. The van der Waals surface area contributed by atoms with Gasteiger partial charge >= 0.3 is 5.97 Å². The Morgan fingerprint density at radius 3 is 2.80 bits per heavy atom. The quantitative estimate of drug-likeness (QED) is 0.465. The molecule has 1 aromatic rings. The van der Waals surface area contributed by atoms with Gasteiger partial charge in [-0.1, -0.05) is 0 Å². The normalized spacial score (nSPS) is 15.9. The molecule has 0 radical (unpaired) electrons. The van der Waals surface area contributed by atoms with Crippen molar-refractivity contribution in [2.24, 2.45) is 5.41 Å². The summed E-state index contributed by atoms with van der Waals surface area (Å²) < 4.78 is 9.75. The molecule has 0 saturated heterocycles. The molecule has 0 amide bonds. The summed E-state index contributed by atoms with van der Waals surface area (Å²) in [5, 5.41) is 0.820. The van der Waals surface area contributed by atoms with Crippen molar-refractivity contribution < 1.29 is 14.3 Å². The second-order valence-corrected chi connectivity index (χ2v) is 6.02. The Balaban J connectivity index is 1.95. The Kier molecular flexibility index (Phi) is 4.82. The smallest absolute Gasteiger partial charge is 0.306 e. The lowest BCUT2D eigenvalue weighted by atomic mass is 10.1. The van der Waals surface area contributed by atoms with Crippen LogP contribution in [0.4, 0.5) is 5.82 Å². The summed E-state index contributed by atoms with van der Waals surface area (Å²) in [5.74, 6) is 1.70. The van der Waals surface area contributed by atoms with E-state index in [2.05, 4.69) is 9.97 Å². The second kappa shape index (κ2) is 6.41. The molecule has 2 rings (SSSR count). The first-order valence-electron chi connectivity index (χ1n) is 6.39. The predicted octanol–water partition coefficient (Wildman–Crippen LogP) is 1.64. The summed E-state index contributed by atoms with van der Waals surface area (Å²) in [7, 11) is 3.02. The molecule has 0 aliphatic heterocycles. The summed E-state index contributed by atoms with van der Waals surface area (Å²) in [6, 6.07) is 1.75. The largest absolute Gasteiger partial charge is 0.469 e. The predicted molar refractivity (Wildman–Crippen MR) is 76.2 cm³/mol. The monoisotopic (exact) mass is 297 g/mol. The number of ether oxygens (including phenoxy) is 2. The van der Waals surface area contributed by atoms with E-state index in [1.807, 2.05) is 0 Å². The van der Waals surface area contributed by atoms with E-state index < -0.39 is 0 Å². The fourth-order valence-corrected chi connectivity index (χ4v) is 3.13. The summed E-state index contributed by atoms with van der Waals surface area (Å²) in [6.45, 7) is 0.339. The Bertz CT molecular complexity index is 492. The van der Waals surface area contributed by atoms with Crippen molar-refractivity contribution >= 4 is 23.5 Å². The SMILES string of the molecule is COCc1nc(N)cc(SCC2(CC(=O)OC)CC2)n1. The van der Waals surface area contributed by atoms with Crippen molar-refractivity contribution in [3.8, 4) is 0 Å². The summed E-state index contributed by atoms with van der Waals surface area (Å²) in [6.07, 6.45) is 2.59. The highest BCUT2D eigenvalue weighted by molar-refractivity contribution is 7.99. The van der Waals surface area contributed by atoms with E-state index in [1.54, 1.807) is 24.9 Å². The molecule has 20 heavy (non-hydrogen) atoms. The van der Waals surface area contributed by atoms with Crippen LogP contribution in [-0.2, 0) is 20.9 Å². The number of nitrogens with zero attached hydrogens (tertiary/aromatic N) is 2. The van der Waals surface area contributed by atoms with E-state index in [0.717, 1.165) is 23.6 Å². The average Bonchev–Trinajstić information content (AvgIpc) is 3.16. The molecular weight excluding hydrogens is 278 g/mol. The van der Waals surface area contributed by atoms with E-state index in [4.69, 9.17) is 15.2 Å². The zero-order valence-corrected chi connectivity index (χ0v) is 12.5. The third kappa shape index (κ3) is 4.08. The van der Waals surface area contributed by atoms with Gasteiger partial charge in [0.25, 0.3) is 0 Å². The molecule has 1 aliphatic rings. The van der Waals surface area contributed by atoms with Crippen LogP contribution in [0.25, 0.3) is 0 Å². The summed E-state index contributed by atoms with van der Waals surface area (Å²) in [5.41, 5.74) is 5.82. The molecule has 1 saturated carbocycles.